The van der Waals surface area contributed by atoms with Gasteiger partial charge in [-0.2, -0.15) is 0 Å². The smallest absolute Gasteiger partial charge is 0.411 e. The lowest BCUT2D eigenvalue weighted by Gasteiger charge is -2.30. The summed E-state index contributed by atoms with van der Waals surface area (Å²) in [5, 5.41) is 3.22. The van der Waals surface area contributed by atoms with Crippen molar-refractivity contribution in [3.8, 4) is 0 Å². The first kappa shape index (κ1) is 18.3. The van der Waals surface area contributed by atoms with Gasteiger partial charge in [-0.05, 0) is 70.3 Å². The van der Waals surface area contributed by atoms with Gasteiger partial charge in [0.1, 0.15) is 11.6 Å². The first-order valence-electron chi connectivity index (χ1n) is 10.2. The summed E-state index contributed by atoms with van der Waals surface area (Å²) in [4.78, 5) is 27.2. The van der Waals surface area contributed by atoms with E-state index >= 15 is 0 Å². The van der Waals surface area contributed by atoms with Crippen molar-refractivity contribution in [1.82, 2.24) is 10.2 Å². The second-order valence-corrected chi connectivity index (χ2v) is 9.33. The summed E-state index contributed by atoms with van der Waals surface area (Å²) in [6, 6.07) is 10.5. The number of nitrogens with one attached hydrogen (secondary N) is 1. The molecule has 2 saturated carbocycles. The van der Waals surface area contributed by atoms with Crippen LogP contribution in [0.3, 0.4) is 0 Å². The van der Waals surface area contributed by atoms with Crippen LogP contribution >= 0.6 is 0 Å². The summed E-state index contributed by atoms with van der Waals surface area (Å²) < 4.78 is 5.55. The molecular formula is C22H30N2O3. The van der Waals surface area contributed by atoms with Crippen LogP contribution in [-0.2, 0) is 9.53 Å². The molecule has 5 nitrogen and oxygen atoms in total. The first-order valence-corrected chi connectivity index (χ1v) is 10.2. The molecule has 146 valence electrons. The minimum atomic E-state index is -0.542. The van der Waals surface area contributed by atoms with Crippen LogP contribution < -0.4 is 5.32 Å². The number of fused-ring (bicyclic) bond motifs is 1. The Kier molecular flexibility index (Phi) is 4.65. The van der Waals surface area contributed by atoms with Gasteiger partial charge in [0.2, 0.25) is 5.91 Å². The molecule has 3 aliphatic rings. The molecule has 0 aromatic heterocycles. The van der Waals surface area contributed by atoms with E-state index in [4.69, 9.17) is 4.74 Å². The molecule has 1 N–H and O–H groups in total. The molecule has 5 atom stereocenters. The second-order valence-electron chi connectivity index (χ2n) is 9.33. The fourth-order valence-electron chi connectivity index (χ4n) is 4.71. The van der Waals surface area contributed by atoms with E-state index in [1.165, 1.54) is 5.56 Å². The lowest BCUT2D eigenvalue weighted by molar-refractivity contribution is -0.126. The number of carbonyl (C=O) groups excluding carboxylic acids is 2. The van der Waals surface area contributed by atoms with Crippen molar-refractivity contribution in [1.29, 1.82) is 0 Å². The van der Waals surface area contributed by atoms with E-state index in [-0.39, 0.29) is 30.1 Å². The predicted molar refractivity (Wildman–Crippen MR) is 103 cm³/mol. The molecule has 0 unspecified atom stereocenters. The van der Waals surface area contributed by atoms with E-state index in [1.807, 2.05) is 26.8 Å². The monoisotopic (exact) mass is 370 g/mol. The number of likely N-dealkylation sites (tertiary alicyclic amines) is 1. The van der Waals surface area contributed by atoms with Crippen molar-refractivity contribution in [2.24, 2.45) is 5.92 Å². The minimum absolute atomic E-state index is 0.00762. The molecule has 0 radical (unpaired) electrons. The van der Waals surface area contributed by atoms with Crippen LogP contribution in [-0.4, -0.2) is 40.6 Å². The minimum Gasteiger partial charge on any atom is -0.444 e. The van der Waals surface area contributed by atoms with Gasteiger partial charge in [-0.1, -0.05) is 30.3 Å². The van der Waals surface area contributed by atoms with E-state index < -0.39 is 5.60 Å². The number of carbonyl (C=O) groups is 2. The highest BCUT2D eigenvalue weighted by Crippen LogP contribution is 2.48. The van der Waals surface area contributed by atoms with Gasteiger partial charge in [-0.15, -0.1) is 0 Å². The van der Waals surface area contributed by atoms with E-state index in [0.717, 1.165) is 32.1 Å². The lowest BCUT2D eigenvalue weighted by atomic mass is 9.97. The van der Waals surface area contributed by atoms with Crippen LogP contribution in [0.2, 0.25) is 0 Å². The third-order valence-electron chi connectivity index (χ3n) is 6.06. The maximum atomic E-state index is 12.9. The molecule has 27 heavy (non-hydrogen) atoms. The SMILES string of the molecule is CC(C)(C)OC(=O)N1[C@@H]2C[C@@H]2C[C@H]1C(=O)N[C@H]1CC[C@H](c2ccccc2)C1. The molecule has 5 heteroatoms. The summed E-state index contributed by atoms with van der Waals surface area (Å²) in [7, 11) is 0. The van der Waals surface area contributed by atoms with Crippen LogP contribution in [0.15, 0.2) is 30.3 Å². The van der Waals surface area contributed by atoms with Gasteiger partial charge in [0.05, 0.1) is 0 Å². The molecule has 4 rings (SSSR count). The maximum absolute atomic E-state index is 12.9. The van der Waals surface area contributed by atoms with Gasteiger partial charge in [0.25, 0.3) is 0 Å². The molecule has 1 aromatic rings. The Morgan fingerprint density at radius 3 is 2.52 bits per heavy atom. The average molecular weight is 370 g/mol. The highest BCUT2D eigenvalue weighted by atomic mass is 16.6. The molecule has 1 aliphatic heterocycles. The van der Waals surface area contributed by atoms with Crippen molar-refractivity contribution in [3.05, 3.63) is 35.9 Å². The zero-order chi connectivity index (χ0) is 19.2. The Morgan fingerprint density at radius 2 is 1.81 bits per heavy atom. The maximum Gasteiger partial charge on any atom is 0.411 e. The predicted octanol–water partition coefficient (Wildman–Crippen LogP) is 3.84. The molecule has 0 bridgehead atoms. The number of amides is 2. The number of hydrogen-bond donors (Lipinski definition) is 1. The van der Waals surface area contributed by atoms with Crippen LogP contribution in [0.5, 0.6) is 0 Å². The molecule has 2 aliphatic carbocycles. The fourth-order valence-corrected chi connectivity index (χ4v) is 4.71. The van der Waals surface area contributed by atoms with E-state index in [1.54, 1.807) is 4.90 Å². The van der Waals surface area contributed by atoms with Gasteiger partial charge in [0.15, 0.2) is 0 Å². The Hall–Kier alpha value is -2.04. The van der Waals surface area contributed by atoms with Crippen LogP contribution in [0.1, 0.15) is 64.4 Å². The Balaban J connectivity index is 1.36. The van der Waals surface area contributed by atoms with Crippen LogP contribution in [0.25, 0.3) is 0 Å². The highest BCUT2D eigenvalue weighted by molar-refractivity contribution is 5.87. The number of hydrogen-bond acceptors (Lipinski definition) is 3. The molecular weight excluding hydrogens is 340 g/mol. The quantitative estimate of drug-likeness (QED) is 0.879. The summed E-state index contributed by atoms with van der Waals surface area (Å²) >= 11 is 0. The third kappa shape index (κ3) is 3.97. The fraction of sp³-hybridized carbons (Fsp3) is 0.636. The average Bonchev–Trinajstić information content (AvgIpc) is 3.04. The zero-order valence-corrected chi connectivity index (χ0v) is 16.5. The highest BCUT2D eigenvalue weighted by Gasteiger charge is 2.57. The number of nitrogens with zero attached hydrogens (tertiary/aromatic N) is 1. The summed E-state index contributed by atoms with van der Waals surface area (Å²) in [5.74, 6) is 0.969. The van der Waals surface area contributed by atoms with Gasteiger partial charge >= 0.3 is 6.09 Å². The number of ether oxygens (including phenoxy) is 1. The molecule has 2 amide bonds. The van der Waals surface area contributed by atoms with E-state index in [9.17, 15) is 9.59 Å². The summed E-state index contributed by atoms with van der Waals surface area (Å²) in [6.45, 7) is 5.59. The molecule has 3 fully saturated rings. The number of rotatable bonds is 3. The molecule has 1 saturated heterocycles. The summed E-state index contributed by atoms with van der Waals surface area (Å²) in [6.07, 6.45) is 4.49. The normalized spacial score (nSPS) is 32.1. The topological polar surface area (TPSA) is 58.6 Å². The van der Waals surface area contributed by atoms with Gasteiger partial charge < -0.3 is 10.1 Å². The van der Waals surface area contributed by atoms with Crippen molar-refractivity contribution < 1.29 is 14.3 Å². The molecule has 0 spiro atoms. The van der Waals surface area contributed by atoms with Crippen molar-refractivity contribution >= 4 is 12.0 Å². The van der Waals surface area contributed by atoms with Crippen LogP contribution in [0.4, 0.5) is 4.79 Å². The summed E-state index contributed by atoms with van der Waals surface area (Å²) in [5.41, 5.74) is 0.811. The van der Waals surface area contributed by atoms with Crippen LogP contribution in [0, 0.1) is 5.92 Å². The van der Waals surface area contributed by atoms with Crippen molar-refractivity contribution in [2.75, 3.05) is 0 Å². The van der Waals surface area contributed by atoms with E-state index in [0.29, 0.717) is 11.8 Å². The molecule has 1 aromatic carbocycles. The Morgan fingerprint density at radius 1 is 1.07 bits per heavy atom. The Bertz CT molecular complexity index is 712. The van der Waals surface area contributed by atoms with Gasteiger partial charge in [0, 0.05) is 12.1 Å². The first-order chi connectivity index (χ1) is 12.8. The van der Waals surface area contributed by atoms with Crippen molar-refractivity contribution in [2.45, 2.75) is 82.5 Å². The standard InChI is InChI=1S/C22H30N2O3/c1-22(2,3)27-21(26)24-18-12-16(18)13-19(24)20(25)23-17-10-9-15(11-17)14-7-5-4-6-8-14/h4-8,15-19H,9-13H2,1-3H3,(H,23,25)/t15-,16+,17-,18+,19-/m0/s1. The number of benzene rings is 1. The van der Waals surface area contributed by atoms with Crippen molar-refractivity contribution in [3.63, 3.8) is 0 Å². The van der Waals surface area contributed by atoms with Gasteiger partial charge in [-0.25, -0.2) is 4.79 Å². The van der Waals surface area contributed by atoms with Gasteiger partial charge in [-0.3, -0.25) is 9.69 Å². The second kappa shape index (κ2) is 6.84. The Labute approximate surface area is 161 Å². The largest absolute Gasteiger partial charge is 0.444 e. The van der Waals surface area contributed by atoms with E-state index in [2.05, 4.69) is 29.6 Å². The number of piperidine rings is 1. The third-order valence-corrected chi connectivity index (χ3v) is 6.06. The zero-order valence-electron chi connectivity index (χ0n) is 16.5. The lowest BCUT2D eigenvalue weighted by Crippen LogP contribution is -2.51. The molecule has 1 heterocycles.